The van der Waals surface area contributed by atoms with E-state index in [1.54, 1.807) is 30.1 Å². The number of rotatable bonds is 4. The normalized spacial score (nSPS) is 17.5. The van der Waals surface area contributed by atoms with Gasteiger partial charge in [0.25, 0.3) is 5.92 Å². The summed E-state index contributed by atoms with van der Waals surface area (Å²) < 4.78 is 27.7. The maximum Gasteiger partial charge on any atom is 0.285 e. The molecule has 1 saturated heterocycles. The number of nitrogens with zero attached hydrogens (tertiary/aromatic N) is 1. The standard InChI is InChI=1S/C12H16F2N2/c1-16(11-7-15-8-11)9-12(13,14)10-5-3-2-4-6-10/h2-6,11,15H,7-9H2,1H3. The Labute approximate surface area is 94.3 Å². The Bertz CT molecular complexity index is 336. The molecular formula is C12H16F2N2. The van der Waals surface area contributed by atoms with E-state index in [1.165, 1.54) is 12.1 Å². The van der Waals surface area contributed by atoms with Gasteiger partial charge in [0.2, 0.25) is 0 Å². The molecule has 0 spiro atoms. The third kappa shape index (κ3) is 2.39. The van der Waals surface area contributed by atoms with E-state index in [4.69, 9.17) is 0 Å². The van der Waals surface area contributed by atoms with Crippen LogP contribution >= 0.6 is 0 Å². The Morgan fingerprint density at radius 1 is 1.31 bits per heavy atom. The fourth-order valence-corrected chi connectivity index (χ4v) is 1.80. The van der Waals surface area contributed by atoms with E-state index in [9.17, 15) is 8.78 Å². The summed E-state index contributed by atoms with van der Waals surface area (Å²) in [6, 6.07) is 8.25. The molecule has 0 aromatic heterocycles. The topological polar surface area (TPSA) is 15.3 Å². The molecular weight excluding hydrogens is 210 g/mol. The first-order chi connectivity index (χ1) is 7.59. The van der Waals surface area contributed by atoms with Crippen LogP contribution in [0.3, 0.4) is 0 Å². The molecule has 0 atom stereocenters. The van der Waals surface area contributed by atoms with Crippen LogP contribution in [0.25, 0.3) is 0 Å². The van der Waals surface area contributed by atoms with Gasteiger partial charge in [0.15, 0.2) is 0 Å². The smallest absolute Gasteiger partial charge is 0.285 e. The average Bonchev–Trinajstić information content (AvgIpc) is 2.15. The predicted octanol–water partition coefficient (Wildman–Crippen LogP) is 1.68. The Hall–Kier alpha value is -1.00. The van der Waals surface area contributed by atoms with Gasteiger partial charge < -0.3 is 5.32 Å². The first-order valence-corrected chi connectivity index (χ1v) is 5.44. The highest BCUT2D eigenvalue weighted by Crippen LogP contribution is 2.29. The lowest BCUT2D eigenvalue weighted by molar-refractivity contribution is -0.0456. The van der Waals surface area contributed by atoms with Crippen LogP contribution in [0.5, 0.6) is 0 Å². The number of nitrogens with one attached hydrogen (secondary N) is 1. The third-order valence-corrected chi connectivity index (χ3v) is 3.03. The molecule has 4 heteroatoms. The molecule has 1 N–H and O–H groups in total. The molecule has 1 aromatic rings. The van der Waals surface area contributed by atoms with Crippen LogP contribution in [0.1, 0.15) is 5.56 Å². The van der Waals surface area contributed by atoms with E-state index >= 15 is 0 Å². The van der Waals surface area contributed by atoms with Crippen molar-refractivity contribution >= 4 is 0 Å². The zero-order valence-electron chi connectivity index (χ0n) is 9.29. The fourth-order valence-electron chi connectivity index (χ4n) is 1.80. The zero-order valence-corrected chi connectivity index (χ0v) is 9.29. The van der Waals surface area contributed by atoms with Gasteiger partial charge in [0, 0.05) is 24.7 Å². The van der Waals surface area contributed by atoms with Gasteiger partial charge in [0.05, 0.1) is 6.54 Å². The predicted molar refractivity (Wildman–Crippen MR) is 59.6 cm³/mol. The summed E-state index contributed by atoms with van der Waals surface area (Å²) in [5, 5.41) is 3.08. The lowest BCUT2D eigenvalue weighted by atomic mass is 10.1. The van der Waals surface area contributed by atoms with Crippen molar-refractivity contribution in [2.45, 2.75) is 12.0 Å². The van der Waals surface area contributed by atoms with Crippen molar-refractivity contribution in [1.29, 1.82) is 0 Å². The summed E-state index contributed by atoms with van der Waals surface area (Å²) in [4.78, 5) is 1.73. The highest BCUT2D eigenvalue weighted by atomic mass is 19.3. The zero-order chi connectivity index (χ0) is 11.6. The molecule has 16 heavy (non-hydrogen) atoms. The number of alkyl halides is 2. The van der Waals surface area contributed by atoms with Gasteiger partial charge in [-0.25, -0.2) is 0 Å². The molecule has 1 heterocycles. The fraction of sp³-hybridized carbons (Fsp3) is 0.500. The van der Waals surface area contributed by atoms with E-state index < -0.39 is 5.92 Å². The Morgan fingerprint density at radius 2 is 1.94 bits per heavy atom. The van der Waals surface area contributed by atoms with E-state index in [-0.39, 0.29) is 18.2 Å². The van der Waals surface area contributed by atoms with Crippen LogP contribution in [0.2, 0.25) is 0 Å². The number of benzene rings is 1. The van der Waals surface area contributed by atoms with E-state index in [2.05, 4.69) is 5.32 Å². The summed E-state index contributed by atoms with van der Waals surface area (Å²) in [5.41, 5.74) is 0.0918. The van der Waals surface area contributed by atoms with Crippen LogP contribution in [-0.4, -0.2) is 37.6 Å². The number of halogens is 2. The van der Waals surface area contributed by atoms with Gasteiger partial charge in [-0.1, -0.05) is 30.3 Å². The molecule has 0 aliphatic carbocycles. The second kappa shape index (κ2) is 4.47. The van der Waals surface area contributed by atoms with Crippen molar-refractivity contribution in [1.82, 2.24) is 10.2 Å². The maximum atomic E-state index is 13.9. The monoisotopic (exact) mass is 226 g/mol. The van der Waals surface area contributed by atoms with Crippen LogP contribution in [0.4, 0.5) is 8.78 Å². The minimum absolute atomic E-state index is 0.0918. The third-order valence-electron chi connectivity index (χ3n) is 3.03. The molecule has 1 fully saturated rings. The van der Waals surface area contributed by atoms with Crippen molar-refractivity contribution < 1.29 is 8.78 Å². The van der Waals surface area contributed by atoms with Gasteiger partial charge in [-0.2, -0.15) is 8.78 Å². The van der Waals surface area contributed by atoms with Gasteiger partial charge in [-0.05, 0) is 7.05 Å². The summed E-state index contributed by atoms with van der Waals surface area (Å²) in [7, 11) is 1.75. The average molecular weight is 226 g/mol. The highest BCUT2D eigenvalue weighted by Gasteiger charge is 2.35. The van der Waals surface area contributed by atoms with Crippen molar-refractivity contribution in [2.75, 3.05) is 26.7 Å². The molecule has 2 rings (SSSR count). The van der Waals surface area contributed by atoms with Crippen molar-refractivity contribution in [2.24, 2.45) is 0 Å². The largest absolute Gasteiger partial charge is 0.314 e. The lowest BCUT2D eigenvalue weighted by Crippen LogP contribution is -2.57. The molecule has 0 amide bonds. The number of hydrogen-bond acceptors (Lipinski definition) is 2. The molecule has 1 aromatic carbocycles. The van der Waals surface area contributed by atoms with Crippen molar-refractivity contribution in [3.8, 4) is 0 Å². The van der Waals surface area contributed by atoms with Gasteiger partial charge >= 0.3 is 0 Å². The quantitative estimate of drug-likeness (QED) is 0.840. The van der Waals surface area contributed by atoms with E-state index in [0.717, 1.165) is 13.1 Å². The van der Waals surface area contributed by atoms with Crippen LogP contribution in [-0.2, 0) is 5.92 Å². The SMILES string of the molecule is CN(CC(F)(F)c1ccccc1)C1CNC1. The van der Waals surface area contributed by atoms with Crippen LogP contribution in [0, 0.1) is 0 Å². The highest BCUT2D eigenvalue weighted by molar-refractivity contribution is 5.20. The number of hydrogen-bond donors (Lipinski definition) is 1. The van der Waals surface area contributed by atoms with Crippen LogP contribution < -0.4 is 5.32 Å². The minimum Gasteiger partial charge on any atom is -0.314 e. The Balaban J connectivity index is 2.01. The molecule has 0 bridgehead atoms. The summed E-state index contributed by atoms with van der Waals surface area (Å²) in [6.07, 6.45) is 0. The summed E-state index contributed by atoms with van der Waals surface area (Å²) >= 11 is 0. The first kappa shape index (κ1) is 11.5. The van der Waals surface area contributed by atoms with Gasteiger partial charge in [-0.3, -0.25) is 4.90 Å². The summed E-state index contributed by atoms with van der Waals surface area (Å²) in [5.74, 6) is -2.77. The lowest BCUT2D eigenvalue weighted by Gasteiger charge is -2.37. The number of likely N-dealkylation sites (N-methyl/N-ethyl adjacent to an activating group) is 1. The molecule has 1 aliphatic heterocycles. The van der Waals surface area contributed by atoms with Crippen LogP contribution in [0.15, 0.2) is 30.3 Å². The summed E-state index contributed by atoms with van der Waals surface area (Å²) in [6.45, 7) is 1.39. The van der Waals surface area contributed by atoms with Gasteiger partial charge in [0.1, 0.15) is 0 Å². The molecule has 0 saturated carbocycles. The van der Waals surface area contributed by atoms with Crippen molar-refractivity contribution in [3.05, 3.63) is 35.9 Å². The first-order valence-electron chi connectivity index (χ1n) is 5.44. The Kier molecular flexibility index (Phi) is 3.21. The second-order valence-electron chi connectivity index (χ2n) is 4.30. The molecule has 88 valence electrons. The van der Waals surface area contributed by atoms with Crippen molar-refractivity contribution in [3.63, 3.8) is 0 Å². The molecule has 2 nitrogen and oxygen atoms in total. The molecule has 0 unspecified atom stereocenters. The van der Waals surface area contributed by atoms with E-state index in [0.29, 0.717) is 0 Å². The second-order valence-corrected chi connectivity index (χ2v) is 4.30. The van der Waals surface area contributed by atoms with Gasteiger partial charge in [-0.15, -0.1) is 0 Å². The molecule has 0 radical (unpaired) electrons. The molecule has 1 aliphatic rings. The maximum absolute atomic E-state index is 13.9. The minimum atomic E-state index is -2.77. The van der Waals surface area contributed by atoms with E-state index in [1.807, 2.05) is 0 Å². The Morgan fingerprint density at radius 3 is 2.44 bits per heavy atom.